The van der Waals surface area contributed by atoms with Gasteiger partial charge in [0.1, 0.15) is 11.4 Å². The van der Waals surface area contributed by atoms with Crippen LogP contribution in [0.3, 0.4) is 0 Å². The molecule has 36 heavy (non-hydrogen) atoms. The highest BCUT2D eigenvalue weighted by Gasteiger charge is 2.30. The predicted octanol–water partition coefficient (Wildman–Crippen LogP) is 5.95. The van der Waals surface area contributed by atoms with E-state index >= 15 is 0 Å². The second-order valence-electron chi connectivity index (χ2n) is 11.4. The summed E-state index contributed by atoms with van der Waals surface area (Å²) in [6.45, 7) is 17.4. The van der Waals surface area contributed by atoms with Crippen LogP contribution >= 0.6 is 0 Å². The van der Waals surface area contributed by atoms with Crippen LogP contribution in [0.2, 0.25) is 0 Å². The van der Waals surface area contributed by atoms with Gasteiger partial charge in [-0.25, -0.2) is 4.79 Å². The van der Waals surface area contributed by atoms with Gasteiger partial charge in [-0.1, -0.05) is 34.1 Å². The molecular formula is C28H42N2O6. The predicted molar refractivity (Wildman–Crippen MR) is 143 cm³/mol. The van der Waals surface area contributed by atoms with Gasteiger partial charge in [0.05, 0.1) is 12.0 Å². The van der Waals surface area contributed by atoms with Gasteiger partial charge in [-0.2, -0.15) is 0 Å². The molecule has 0 spiro atoms. The summed E-state index contributed by atoms with van der Waals surface area (Å²) in [6.07, 6.45) is 0.480. The van der Waals surface area contributed by atoms with Gasteiger partial charge in [0.25, 0.3) is 5.56 Å². The Labute approximate surface area is 214 Å². The molecule has 0 aliphatic rings. The maximum absolute atomic E-state index is 13.8. The first-order valence-corrected chi connectivity index (χ1v) is 12.5. The van der Waals surface area contributed by atoms with E-state index in [1.54, 1.807) is 57.5 Å². The highest BCUT2D eigenvalue weighted by atomic mass is 16.6. The Balaban J connectivity index is 2.88. The van der Waals surface area contributed by atoms with Gasteiger partial charge in [0.15, 0.2) is 23.5 Å². The van der Waals surface area contributed by atoms with Gasteiger partial charge in [0.2, 0.25) is 0 Å². The van der Waals surface area contributed by atoms with Crippen LogP contribution in [0.1, 0.15) is 75.2 Å². The van der Waals surface area contributed by atoms with Gasteiger partial charge in [0, 0.05) is 19.0 Å². The number of hydrogen-bond donors (Lipinski definition) is 0. The molecule has 0 radical (unpaired) electrons. The first-order chi connectivity index (χ1) is 16.6. The van der Waals surface area contributed by atoms with Crippen molar-refractivity contribution in [3.8, 4) is 11.5 Å². The zero-order valence-electron chi connectivity index (χ0n) is 23.5. The van der Waals surface area contributed by atoms with E-state index < -0.39 is 17.8 Å². The SMILES string of the molecule is CCCCOc1c(N(C)C(=O)OC(C)(C)C)n(CC(C)(C)C)c(=O)c2ccc(OC(C)C(C)=O)cc12. The minimum atomic E-state index is -0.718. The smallest absolute Gasteiger partial charge is 0.415 e. The Bertz CT molecular complexity index is 1150. The van der Waals surface area contributed by atoms with Crippen LogP contribution in [0.25, 0.3) is 10.8 Å². The number of rotatable bonds is 9. The average Bonchev–Trinajstić information content (AvgIpc) is 2.74. The largest absolute Gasteiger partial charge is 0.489 e. The van der Waals surface area contributed by atoms with Gasteiger partial charge >= 0.3 is 6.09 Å². The Morgan fingerprint density at radius 2 is 1.72 bits per heavy atom. The fraction of sp³-hybridized carbons (Fsp3) is 0.607. The number of pyridine rings is 1. The van der Waals surface area contributed by atoms with Crippen molar-refractivity contribution < 1.29 is 23.8 Å². The molecule has 2 rings (SSSR count). The van der Waals surface area contributed by atoms with Gasteiger partial charge < -0.3 is 14.2 Å². The molecule has 0 aliphatic heterocycles. The number of ketones is 1. The molecule has 1 unspecified atom stereocenters. The molecule has 0 saturated heterocycles. The normalized spacial score (nSPS) is 12.8. The summed E-state index contributed by atoms with van der Waals surface area (Å²) in [6, 6.07) is 5.06. The monoisotopic (exact) mass is 502 g/mol. The quantitative estimate of drug-likeness (QED) is 0.394. The molecule has 1 amide bonds. The fourth-order valence-electron chi connectivity index (χ4n) is 3.57. The summed E-state index contributed by atoms with van der Waals surface area (Å²) in [5, 5.41) is 0.954. The van der Waals surface area contributed by atoms with Crippen molar-refractivity contribution in [2.24, 2.45) is 5.41 Å². The lowest BCUT2D eigenvalue weighted by atomic mass is 9.96. The van der Waals surface area contributed by atoms with Crippen LogP contribution in [0, 0.1) is 5.41 Å². The van der Waals surface area contributed by atoms with Crippen LogP contribution in [-0.2, 0) is 16.1 Å². The number of amides is 1. The molecule has 0 N–H and O–H groups in total. The summed E-state index contributed by atoms with van der Waals surface area (Å²) in [5.41, 5.74) is -1.23. The van der Waals surface area contributed by atoms with Crippen molar-refractivity contribution in [1.29, 1.82) is 0 Å². The standard InChI is InChI=1S/C28H42N2O6/c1-11-12-15-34-23-22-16-20(35-19(3)18(2)31)13-14-21(22)25(32)30(17-27(4,5)6)24(23)29(10)26(33)36-28(7,8)9/h13-14,16,19H,11-12,15,17H2,1-10H3. The van der Waals surface area contributed by atoms with Crippen molar-refractivity contribution in [2.75, 3.05) is 18.6 Å². The third-order valence-corrected chi connectivity index (χ3v) is 5.42. The Morgan fingerprint density at radius 3 is 2.25 bits per heavy atom. The van der Waals surface area contributed by atoms with Crippen LogP contribution in [0.5, 0.6) is 11.5 Å². The maximum atomic E-state index is 13.8. The molecule has 8 nitrogen and oxygen atoms in total. The number of ether oxygens (including phenoxy) is 3. The highest BCUT2D eigenvalue weighted by Crippen LogP contribution is 2.38. The first kappa shape index (κ1) is 29.2. The van der Waals surface area contributed by atoms with E-state index in [1.165, 1.54) is 11.8 Å². The molecule has 8 heteroatoms. The van der Waals surface area contributed by atoms with Crippen molar-refractivity contribution >= 4 is 28.5 Å². The zero-order chi connectivity index (χ0) is 27.4. The molecular weight excluding hydrogens is 460 g/mol. The van der Waals surface area contributed by atoms with Crippen molar-refractivity contribution in [1.82, 2.24) is 4.57 Å². The molecule has 2 aromatic rings. The highest BCUT2D eigenvalue weighted by molar-refractivity contribution is 5.97. The average molecular weight is 503 g/mol. The van der Waals surface area contributed by atoms with Gasteiger partial charge in [-0.3, -0.25) is 19.1 Å². The summed E-state index contributed by atoms with van der Waals surface area (Å²) in [4.78, 5) is 40.1. The molecule has 0 aliphatic carbocycles. The van der Waals surface area contributed by atoms with Crippen molar-refractivity contribution in [3.63, 3.8) is 0 Å². The number of Topliss-reactive ketones (excluding diaryl/α,β-unsaturated/α-hetero) is 1. The number of benzene rings is 1. The minimum Gasteiger partial charge on any atom is -0.489 e. The number of nitrogens with zero attached hydrogens (tertiary/aromatic N) is 2. The second kappa shape index (κ2) is 11.4. The van der Waals surface area contributed by atoms with Crippen LogP contribution in [0.4, 0.5) is 10.6 Å². The number of hydrogen-bond acceptors (Lipinski definition) is 6. The van der Waals surface area contributed by atoms with Crippen molar-refractivity contribution in [2.45, 2.75) is 93.4 Å². The third-order valence-electron chi connectivity index (χ3n) is 5.42. The van der Waals surface area contributed by atoms with E-state index in [-0.39, 0.29) is 16.8 Å². The van der Waals surface area contributed by atoms with Gasteiger partial charge in [-0.15, -0.1) is 0 Å². The number of anilines is 1. The molecule has 1 heterocycles. The summed E-state index contributed by atoms with van der Waals surface area (Å²) in [5.74, 6) is 1.05. The van der Waals surface area contributed by atoms with Crippen molar-refractivity contribution in [3.05, 3.63) is 28.6 Å². The zero-order valence-corrected chi connectivity index (χ0v) is 23.5. The fourth-order valence-corrected chi connectivity index (χ4v) is 3.57. The first-order valence-electron chi connectivity index (χ1n) is 12.5. The molecule has 0 fully saturated rings. The lowest BCUT2D eigenvalue weighted by Crippen LogP contribution is -2.39. The molecule has 1 aromatic heterocycles. The molecule has 1 atom stereocenters. The van der Waals surface area contributed by atoms with Crippen LogP contribution in [0.15, 0.2) is 23.0 Å². The second-order valence-corrected chi connectivity index (χ2v) is 11.4. The maximum Gasteiger partial charge on any atom is 0.415 e. The lowest BCUT2D eigenvalue weighted by molar-refractivity contribution is -0.122. The van der Waals surface area contributed by atoms with E-state index in [0.29, 0.717) is 41.2 Å². The third kappa shape index (κ3) is 7.48. The topological polar surface area (TPSA) is 87.1 Å². The Hall–Kier alpha value is -3.03. The molecule has 1 aromatic carbocycles. The van der Waals surface area contributed by atoms with Crippen LogP contribution < -0.4 is 19.9 Å². The number of unbranched alkanes of at least 4 members (excludes halogenated alkanes) is 1. The minimum absolute atomic E-state index is 0.111. The van der Waals surface area contributed by atoms with E-state index in [1.807, 2.05) is 20.8 Å². The van der Waals surface area contributed by atoms with E-state index in [0.717, 1.165) is 12.8 Å². The lowest BCUT2D eigenvalue weighted by Gasteiger charge is -2.31. The van der Waals surface area contributed by atoms with E-state index in [2.05, 4.69) is 6.92 Å². The molecule has 0 bridgehead atoms. The summed E-state index contributed by atoms with van der Waals surface area (Å²) in [7, 11) is 1.58. The molecule has 200 valence electrons. The number of carbonyl (C=O) groups is 2. The van der Waals surface area contributed by atoms with E-state index in [4.69, 9.17) is 14.2 Å². The molecule has 0 saturated carbocycles. The van der Waals surface area contributed by atoms with E-state index in [9.17, 15) is 14.4 Å². The van der Waals surface area contributed by atoms with Gasteiger partial charge in [-0.05, 0) is 64.7 Å². The Kier molecular flexibility index (Phi) is 9.21. The van der Waals surface area contributed by atoms with Crippen LogP contribution in [-0.4, -0.2) is 41.8 Å². The number of fused-ring (bicyclic) bond motifs is 1. The summed E-state index contributed by atoms with van der Waals surface area (Å²) < 4.78 is 19.3. The summed E-state index contributed by atoms with van der Waals surface area (Å²) >= 11 is 0. The number of carbonyl (C=O) groups excluding carboxylic acids is 2. The number of aromatic nitrogens is 1. The Morgan fingerprint density at radius 1 is 1.08 bits per heavy atom.